The molecule has 0 aliphatic carbocycles. The zero-order chi connectivity index (χ0) is 16.1. The number of aliphatic hydroxyl groups excluding tert-OH is 1. The fourth-order valence-corrected chi connectivity index (χ4v) is 2.35. The van der Waals surface area contributed by atoms with Crippen LogP contribution < -0.4 is 5.32 Å². The van der Waals surface area contributed by atoms with E-state index in [1.165, 1.54) is 0 Å². The molecule has 2 N–H and O–H groups in total. The number of rotatable bonds is 5. The molecule has 0 unspecified atom stereocenters. The van der Waals surface area contributed by atoms with Gasteiger partial charge in [0.1, 0.15) is 0 Å². The number of benzene rings is 2. The average Bonchev–Trinajstić information content (AvgIpc) is 2.61. The third-order valence-electron chi connectivity index (χ3n) is 3.33. The van der Waals surface area contributed by atoms with Crippen molar-refractivity contribution >= 4 is 17.5 Å². The minimum absolute atomic E-state index is 0.0230. The summed E-state index contributed by atoms with van der Waals surface area (Å²) in [5.74, 6) is 0.491. The van der Waals surface area contributed by atoms with Gasteiger partial charge in [0.25, 0.3) is 0 Å². The summed E-state index contributed by atoms with van der Waals surface area (Å²) in [7, 11) is 0. The molecule has 5 heteroatoms. The van der Waals surface area contributed by atoms with Crippen LogP contribution in [0.2, 0.25) is 5.02 Å². The number of anilines is 1. The van der Waals surface area contributed by atoms with Gasteiger partial charge in [-0.05, 0) is 18.2 Å². The van der Waals surface area contributed by atoms with E-state index in [-0.39, 0.29) is 6.61 Å². The van der Waals surface area contributed by atoms with Crippen LogP contribution in [0.1, 0.15) is 0 Å². The van der Waals surface area contributed by atoms with Crippen molar-refractivity contribution in [1.29, 1.82) is 0 Å². The molecule has 3 rings (SSSR count). The Morgan fingerprint density at radius 3 is 2.09 bits per heavy atom. The molecule has 0 radical (unpaired) electrons. The quantitative estimate of drug-likeness (QED) is 0.747. The van der Waals surface area contributed by atoms with E-state index in [2.05, 4.69) is 15.3 Å². The highest BCUT2D eigenvalue weighted by molar-refractivity contribution is 6.30. The van der Waals surface area contributed by atoms with Gasteiger partial charge in [0, 0.05) is 22.7 Å². The van der Waals surface area contributed by atoms with E-state index in [0.717, 1.165) is 22.5 Å². The summed E-state index contributed by atoms with van der Waals surface area (Å²) in [5.41, 5.74) is 3.60. The lowest BCUT2D eigenvalue weighted by molar-refractivity contribution is 0.311. The summed E-state index contributed by atoms with van der Waals surface area (Å²) in [6, 6.07) is 19.4. The largest absolute Gasteiger partial charge is 0.395 e. The van der Waals surface area contributed by atoms with E-state index in [9.17, 15) is 0 Å². The maximum atomic E-state index is 9.00. The van der Waals surface area contributed by atoms with Gasteiger partial charge in [0.15, 0.2) is 0 Å². The molecule has 0 aliphatic rings. The van der Waals surface area contributed by atoms with Gasteiger partial charge in [-0.2, -0.15) is 0 Å². The molecule has 4 nitrogen and oxygen atoms in total. The highest BCUT2D eigenvalue weighted by Crippen LogP contribution is 2.26. The van der Waals surface area contributed by atoms with Crippen molar-refractivity contribution in [3.05, 3.63) is 65.7 Å². The van der Waals surface area contributed by atoms with Gasteiger partial charge in [0.2, 0.25) is 5.95 Å². The molecule has 0 saturated heterocycles. The Labute approximate surface area is 139 Å². The van der Waals surface area contributed by atoms with Crippen LogP contribution in [-0.4, -0.2) is 28.2 Å². The predicted molar refractivity (Wildman–Crippen MR) is 93.5 cm³/mol. The molecule has 0 bridgehead atoms. The summed E-state index contributed by atoms with van der Waals surface area (Å²) in [5, 5.41) is 12.7. The lowest BCUT2D eigenvalue weighted by Gasteiger charge is -2.10. The first-order valence-corrected chi connectivity index (χ1v) is 7.69. The van der Waals surface area contributed by atoms with Crippen molar-refractivity contribution in [2.24, 2.45) is 0 Å². The van der Waals surface area contributed by atoms with Gasteiger partial charge >= 0.3 is 0 Å². The second kappa shape index (κ2) is 7.22. The van der Waals surface area contributed by atoms with Crippen LogP contribution in [0.4, 0.5) is 5.95 Å². The van der Waals surface area contributed by atoms with Crippen LogP contribution in [0.25, 0.3) is 22.5 Å². The number of halogens is 1. The third kappa shape index (κ3) is 3.86. The van der Waals surface area contributed by atoms with E-state index in [1.807, 2.05) is 60.7 Å². The Morgan fingerprint density at radius 2 is 1.48 bits per heavy atom. The van der Waals surface area contributed by atoms with Crippen molar-refractivity contribution in [2.45, 2.75) is 0 Å². The highest BCUT2D eigenvalue weighted by Gasteiger charge is 2.08. The fourth-order valence-electron chi connectivity index (χ4n) is 2.22. The summed E-state index contributed by atoms with van der Waals surface area (Å²) in [6.07, 6.45) is 0. The second-order valence-electron chi connectivity index (χ2n) is 4.99. The molecular weight excluding hydrogens is 310 g/mol. The number of nitrogens with one attached hydrogen (secondary N) is 1. The number of nitrogens with zero attached hydrogens (tertiary/aromatic N) is 2. The van der Waals surface area contributed by atoms with Crippen LogP contribution in [0.3, 0.4) is 0 Å². The Kier molecular flexibility index (Phi) is 4.86. The molecule has 0 atom stereocenters. The smallest absolute Gasteiger partial charge is 0.223 e. The maximum Gasteiger partial charge on any atom is 0.223 e. The lowest BCUT2D eigenvalue weighted by atomic mass is 10.1. The topological polar surface area (TPSA) is 58.0 Å². The standard InChI is InChI=1S/C18H16ClN3O/c19-15-8-6-14(7-9-15)17-12-16(13-4-2-1-3-5-13)21-18(22-17)20-10-11-23/h1-9,12,23H,10-11H2,(H,20,21,22). The molecule has 1 aromatic heterocycles. The number of aromatic nitrogens is 2. The molecule has 2 aromatic carbocycles. The van der Waals surface area contributed by atoms with Crippen molar-refractivity contribution in [3.8, 4) is 22.5 Å². The van der Waals surface area contributed by atoms with Gasteiger partial charge in [-0.3, -0.25) is 0 Å². The molecule has 0 fully saturated rings. The average molecular weight is 326 g/mol. The van der Waals surface area contributed by atoms with E-state index < -0.39 is 0 Å². The van der Waals surface area contributed by atoms with Crippen LogP contribution >= 0.6 is 11.6 Å². The first-order valence-electron chi connectivity index (χ1n) is 7.31. The Balaban J connectivity index is 2.06. The summed E-state index contributed by atoms with van der Waals surface area (Å²) in [4.78, 5) is 9.04. The predicted octanol–water partition coefficient (Wildman–Crippen LogP) is 3.87. The first kappa shape index (κ1) is 15.5. The van der Waals surface area contributed by atoms with Gasteiger partial charge in [-0.1, -0.05) is 54.1 Å². The molecule has 23 heavy (non-hydrogen) atoms. The maximum absolute atomic E-state index is 9.00. The van der Waals surface area contributed by atoms with Crippen molar-refractivity contribution < 1.29 is 5.11 Å². The summed E-state index contributed by atoms with van der Waals surface area (Å²) in [6.45, 7) is 0.424. The fraction of sp³-hybridized carbons (Fsp3) is 0.111. The van der Waals surface area contributed by atoms with E-state index in [4.69, 9.17) is 16.7 Å². The second-order valence-corrected chi connectivity index (χ2v) is 5.42. The Morgan fingerprint density at radius 1 is 0.870 bits per heavy atom. The van der Waals surface area contributed by atoms with Crippen LogP contribution in [-0.2, 0) is 0 Å². The summed E-state index contributed by atoms with van der Waals surface area (Å²) < 4.78 is 0. The van der Waals surface area contributed by atoms with Crippen LogP contribution in [0.5, 0.6) is 0 Å². The van der Waals surface area contributed by atoms with Crippen LogP contribution in [0, 0.1) is 0 Å². The summed E-state index contributed by atoms with van der Waals surface area (Å²) >= 11 is 5.95. The van der Waals surface area contributed by atoms with Gasteiger partial charge in [-0.15, -0.1) is 0 Å². The molecule has 0 amide bonds. The molecular formula is C18H16ClN3O. The van der Waals surface area contributed by atoms with E-state index in [1.54, 1.807) is 0 Å². The highest BCUT2D eigenvalue weighted by atomic mass is 35.5. The van der Waals surface area contributed by atoms with Crippen molar-refractivity contribution in [3.63, 3.8) is 0 Å². The molecule has 0 spiro atoms. The minimum atomic E-state index is 0.0230. The zero-order valence-corrected chi connectivity index (χ0v) is 13.2. The van der Waals surface area contributed by atoms with Gasteiger partial charge < -0.3 is 10.4 Å². The number of aliphatic hydroxyl groups is 1. The van der Waals surface area contributed by atoms with Gasteiger partial charge in [-0.25, -0.2) is 9.97 Å². The number of hydrogen-bond donors (Lipinski definition) is 2. The minimum Gasteiger partial charge on any atom is -0.395 e. The monoisotopic (exact) mass is 325 g/mol. The first-order chi connectivity index (χ1) is 11.3. The molecule has 0 saturated carbocycles. The van der Waals surface area contributed by atoms with E-state index in [0.29, 0.717) is 17.5 Å². The molecule has 3 aromatic rings. The normalized spacial score (nSPS) is 10.5. The molecule has 1 heterocycles. The zero-order valence-electron chi connectivity index (χ0n) is 12.4. The number of hydrogen-bond acceptors (Lipinski definition) is 4. The Hall–Kier alpha value is -2.43. The SMILES string of the molecule is OCCNc1nc(-c2ccccc2)cc(-c2ccc(Cl)cc2)n1. The van der Waals surface area contributed by atoms with E-state index >= 15 is 0 Å². The van der Waals surface area contributed by atoms with Crippen molar-refractivity contribution in [2.75, 3.05) is 18.5 Å². The van der Waals surface area contributed by atoms with Crippen LogP contribution in [0.15, 0.2) is 60.7 Å². The van der Waals surface area contributed by atoms with Crippen molar-refractivity contribution in [1.82, 2.24) is 9.97 Å². The van der Waals surface area contributed by atoms with Gasteiger partial charge in [0.05, 0.1) is 18.0 Å². The molecule has 0 aliphatic heterocycles. The lowest BCUT2D eigenvalue weighted by Crippen LogP contribution is -2.09. The third-order valence-corrected chi connectivity index (χ3v) is 3.58. The molecule has 116 valence electrons. The Bertz CT molecular complexity index is 776.